The number of nitrogens with zero attached hydrogens (tertiary/aromatic N) is 3. The SMILES string of the molecule is CCC(=O)N1CCC[C@H]1c1nnc(-c2ccsc2)o1. The second-order valence-electron chi connectivity index (χ2n) is 4.56. The normalized spacial score (nSPS) is 19.0. The Hall–Kier alpha value is -1.69. The third kappa shape index (κ3) is 2.28. The molecule has 1 aliphatic heterocycles. The highest BCUT2D eigenvalue weighted by Crippen LogP contribution is 2.33. The van der Waals surface area contributed by atoms with Gasteiger partial charge in [-0.2, -0.15) is 11.3 Å². The molecule has 5 nitrogen and oxygen atoms in total. The van der Waals surface area contributed by atoms with E-state index in [1.54, 1.807) is 11.3 Å². The highest BCUT2D eigenvalue weighted by atomic mass is 32.1. The summed E-state index contributed by atoms with van der Waals surface area (Å²) in [6, 6.07) is 1.90. The van der Waals surface area contributed by atoms with Gasteiger partial charge >= 0.3 is 0 Å². The summed E-state index contributed by atoms with van der Waals surface area (Å²) in [5.41, 5.74) is 0.940. The van der Waals surface area contributed by atoms with Crippen molar-refractivity contribution in [1.29, 1.82) is 0 Å². The van der Waals surface area contributed by atoms with Crippen LogP contribution in [-0.4, -0.2) is 27.5 Å². The van der Waals surface area contributed by atoms with Crippen LogP contribution in [0.15, 0.2) is 21.2 Å². The minimum atomic E-state index is -0.0488. The molecule has 2 aromatic heterocycles. The Morgan fingerprint density at radius 1 is 1.58 bits per heavy atom. The topological polar surface area (TPSA) is 59.2 Å². The highest BCUT2D eigenvalue weighted by molar-refractivity contribution is 7.08. The van der Waals surface area contributed by atoms with Crippen molar-refractivity contribution in [2.45, 2.75) is 32.2 Å². The largest absolute Gasteiger partial charge is 0.418 e. The van der Waals surface area contributed by atoms with Crippen LogP contribution in [0.3, 0.4) is 0 Å². The second kappa shape index (κ2) is 5.13. The van der Waals surface area contributed by atoms with Gasteiger partial charge in [-0.1, -0.05) is 6.92 Å². The fourth-order valence-corrected chi connectivity index (χ4v) is 3.03. The smallest absolute Gasteiger partial charge is 0.248 e. The Morgan fingerprint density at radius 2 is 2.47 bits per heavy atom. The van der Waals surface area contributed by atoms with Crippen molar-refractivity contribution in [3.8, 4) is 11.5 Å². The zero-order valence-electron chi connectivity index (χ0n) is 10.7. The Bertz CT molecular complexity index is 564. The predicted octanol–water partition coefficient (Wildman–Crippen LogP) is 2.87. The molecule has 0 aliphatic carbocycles. The van der Waals surface area contributed by atoms with Crippen LogP contribution in [0.5, 0.6) is 0 Å². The maximum Gasteiger partial charge on any atom is 0.248 e. The van der Waals surface area contributed by atoms with Crippen LogP contribution >= 0.6 is 11.3 Å². The van der Waals surface area contributed by atoms with Gasteiger partial charge in [0, 0.05) is 23.9 Å². The van der Waals surface area contributed by atoms with E-state index < -0.39 is 0 Å². The van der Waals surface area contributed by atoms with E-state index in [4.69, 9.17) is 4.42 Å². The van der Waals surface area contributed by atoms with Gasteiger partial charge in [-0.25, -0.2) is 0 Å². The molecule has 0 unspecified atom stereocenters. The van der Waals surface area contributed by atoms with E-state index in [1.807, 2.05) is 28.7 Å². The van der Waals surface area contributed by atoms with Gasteiger partial charge in [0.05, 0.1) is 0 Å². The summed E-state index contributed by atoms with van der Waals surface area (Å²) in [5.74, 6) is 1.24. The molecule has 6 heteroatoms. The lowest BCUT2D eigenvalue weighted by Crippen LogP contribution is -2.29. The molecule has 1 fully saturated rings. The summed E-state index contributed by atoms with van der Waals surface area (Å²) >= 11 is 1.59. The van der Waals surface area contributed by atoms with Crippen LogP contribution in [0, 0.1) is 0 Å². The minimum Gasteiger partial charge on any atom is -0.418 e. The van der Waals surface area contributed by atoms with Gasteiger partial charge in [-0.15, -0.1) is 10.2 Å². The van der Waals surface area contributed by atoms with Gasteiger partial charge < -0.3 is 9.32 Å². The van der Waals surface area contributed by atoms with Gasteiger partial charge in [0.2, 0.25) is 17.7 Å². The van der Waals surface area contributed by atoms with E-state index in [0.717, 1.165) is 24.9 Å². The lowest BCUT2D eigenvalue weighted by molar-refractivity contribution is -0.132. The number of carbonyl (C=O) groups excluding carboxylic acids is 1. The number of hydrogen-bond acceptors (Lipinski definition) is 5. The van der Waals surface area contributed by atoms with Crippen LogP contribution in [0.25, 0.3) is 11.5 Å². The summed E-state index contributed by atoms with van der Waals surface area (Å²) in [5, 5.41) is 12.1. The first kappa shape index (κ1) is 12.3. The van der Waals surface area contributed by atoms with E-state index in [0.29, 0.717) is 18.2 Å². The van der Waals surface area contributed by atoms with Gasteiger partial charge in [0.25, 0.3) is 0 Å². The quantitative estimate of drug-likeness (QED) is 0.865. The molecular formula is C13H15N3O2S. The molecule has 100 valence electrons. The van der Waals surface area contributed by atoms with Gasteiger partial charge in [-0.3, -0.25) is 4.79 Å². The van der Waals surface area contributed by atoms with Crippen LogP contribution in [-0.2, 0) is 4.79 Å². The van der Waals surface area contributed by atoms with Crippen molar-refractivity contribution in [2.75, 3.05) is 6.54 Å². The first-order valence-electron chi connectivity index (χ1n) is 6.45. The molecule has 0 radical (unpaired) electrons. The molecule has 3 rings (SSSR count). The van der Waals surface area contributed by atoms with Gasteiger partial charge in [-0.05, 0) is 24.3 Å². The molecule has 3 heterocycles. The molecule has 0 bridgehead atoms. The minimum absolute atomic E-state index is 0.0488. The third-order valence-corrected chi connectivity index (χ3v) is 4.05. The molecule has 0 aromatic carbocycles. The Labute approximate surface area is 115 Å². The lowest BCUT2D eigenvalue weighted by atomic mass is 10.2. The standard InChI is InChI=1S/C13H15N3O2S/c1-2-11(17)16-6-3-4-10(16)13-15-14-12(18-13)9-5-7-19-8-9/h5,7-8,10H,2-4,6H2,1H3/t10-/m0/s1. The Kier molecular flexibility index (Phi) is 3.33. The summed E-state index contributed by atoms with van der Waals surface area (Å²) in [6.45, 7) is 2.66. The number of likely N-dealkylation sites (tertiary alicyclic amines) is 1. The number of hydrogen-bond donors (Lipinski definition) is 0. The van der Waals surface area contributed by atoms with Crippen molar-refractivity contribution >= 4 is 17.2 Å². The van der Waals surface area contributed by atoms with Crippen molar-refractivity contribution in [2.24, 2.45) is 0 Å². The third-order valence-electron chi connectivity index (χ3n) is 3.37. The molecule has 1 aliphatic rings. The first-order valence-corrected chi connectivity index (χ1v) is 7.39. The van der Waals surface area contributed by atoms with Crippen LogP contribution in [0.2, 0.25) is 0 Å². The average molecular weight is 277 g/mol. The van der Waals surface area contributed by atoms with Crippen LogP contribution in [0.1, 0.15) is 38.1 Å². The van der Waals surface area contributed by atoms with E-state index >= 15 is 0 Å². The molecule has 19 heavy (non-hydrogen) atoms. The molecule has 1 amide bonds. The van der Waals surface area contributed by atoms with E-state index in [1.165, 1.54) is 0 Å². The van der Waals surface area contributed by atoms with E-state index in [-0.39, 0.29) is 11.9 Å². The van der Waals surface area contributed by atoms with Crippen molar-refractivity contribution in [3.05, 3.63) is 22.7 Å². The molecule has 2 aromatic rings. The van der Waals surface area contributed by atoms with E-state index in [9.17, 15) is 4.79 Å². The second-order valence-corrected chi connectivity index (χ2v) is 5.34. The molecule has 0 N–H and O–H groups in total. The predicted molar refractivity (Wildman–Crippen MR) is 71.6 cm³/mol. The summed E-state index contributed by atoms with van der Waals surface area (Å²) in [4.78, 5) is 13.7. The number of thiophene rings is 1. The van der Waals surface area contributed by atoms with Gasteiger partial charge in [0.1, 0.15) is 6.04 Å². The first-order chi connectivity index (χ1) is 9.29. The average Bonchev–Trinajstić information content (AvgIpc) is 3.14. The van der Waals surface area contributed by atoms with Crippen LogP contribution in [0.4, 0.5) is 0 Å². The monoisotopic (exact) mass is 277 g/mol. The summed E-state index contributed by atoms with van der Waals surface area (Å²) in [7, 11) is 0. The molecule has 1 atom stereocenters. The fourth-order valence-electron chi connectivity index (χ4n) is 2.40. The number of carbonyl (C=O) groups is 1. The maximum absolute atomic E-state index is 11.9. The Morgan fingerprint density at radius 3 is 3.21 bits per heavy atom. The molecule has 1 saturated heterocycles. The van der Waals surface area contributed by atoms with Gasteiger partial charge in [0.15, 0.2) is 0 Å². The zero-order valence-corrected chi connectivity index (χ0v) is 11.5. The van der Waals surface area contributed by atoms with Crippen LogP contribution < -0.4 is 0 Å². The van der Waals surface area contributed by atoms with Crippen molar-refractivity contribution < 1.29 is 9.21 Å². The zero-order chi connectivity index (χ0) is 13.2. The molecular weight excluding hydrogens is 262 g/mol. The highest BCUT2D eigenvalue weighted by Gasteiger charge is 2.33. The summed E-state index contributed by atoms with van der Waals surface area (Å²) < 4.78 is 5.73. The number of rotatable bonds is 3. The van der Waals surface area contributed by atoms with E-state index in [2.05, 4.69) is 10.2 Å². The molecule has 0 saturated carbocycles. The maximum atomic E-state index is 11.9. The molecule has 0 spiro atoms. The Balaban J connectivity index is 1.84. The number of aromatic nitrogens is 2. The summed E-state index contributed by atoms with van der Waals surface area (Å²) in [6.07, 6.45) is 2.41. The van der Waals surface area contributed by atoms with Crippen molar-refractivity contribution in [3.63, 3.8) is 0 Å². The number of amides is 1. The lowest BCUT2D eigenvalue weighted by Gasteiger charge is -2.21. The van der Waals surface area contributed by atoms with Crippen molar-refractivity contribution in [1.82, 2.24) is 15.1 Å². The fraction of sp³-hybridized carbons (Fsp3) is 0.462.